The topological polar surface area (TPSA) is 138 Å². The number of benzene rings is 3. The number of nitrogens with zero attached hydrogens (tertiary/aromatic N) is 1. The summed E-state index contributed by atoms with van der Waals surface area (Å²) in [5, 5.41) is 8.61. The van der Waals surface area contributed by atoms with Gasteiger partial charge in [-0.15, -0.1) is 0 Å². The number of nitrogens with two attached hydrogens (primary N) is 1. The summed E-state index contributed by atoms with van der Waals surface area (Å²) in [6, 6.07) is 18.2. The summed E-state index contributed by atoms with van der Waals surface area (Å²) in [5.74, 6) is -1.32. The number of aromatic nitrogens is 1. The lowest BCUT2D eigenvalue weighted by Gasteiger charge is -2.14. The van der Waals surface area contributed by atoms with E-state index < -0.39 is 28.5 Å². The van der Waals surface area contributed by atoms with Crippen LogP contribution in [0.5, 0.6) is 0 Å². The van der Waals surface area contributed by atoms with Crippen molar-refractivity contribution in [2.24, 2.45) is 5.14 Å². The number of anilines is 1. The molecule has 0 aliphatic carbocycles. The van der Waals surface area contributed by atoms with Gasteiger partial charge in [0.1, 0.15) is 6.54 Å². The number of aryl methyl sites for hydroxylation is 1. The monoisotopic (exact) mass is 479 g/mol. The van der Waals surface area contributed by atoms with Crippen molar-refractivity contribution in [3.63, 3.8) is 0 Å². The van der Waals surface area contributed by atoms with E-state index in [2.05, 4.69) is 5.32 Å². The second-order valence-corrected chi connectivity index (χ2v) is 9.21. The van der Waals surface area contributed by atoms with Crippen LogP contribution in [0.25, 0.3) is 21.8 Å². The highest BCUT2D eigenvalue weighted by Gasteiger charge is 2.16. The van der Waals surface area contributed by atoms with Gasteiger partial charge in [-0.1, -0.05) is 30.3 Å². The number of nitrogens with one attached hydrogen (secondary N) is 1. The Hall–Kier alpha value is -4.02. The van der Waals surface area contributed by atoms with E-state index in [1.807, 2.05) is 0 Å². The molecule has 3 N–H and O–H groups in total. The van der Waals surface area contributed by atoms with Crippen molar-refractivity contribution >= 4 is 49.4 Å². The number of carbonyl (C=O) groups is 2. The van der Waals surface area contributed by atoms with Crippen molar-refractivity contribution in [3.8, 4) is 0 Å². The first-order valence-electron chi connectivity index (χ1n) is 10.2. The molecule has 0 bridgehead atoms. The number of esters is 1. The zero-order valence-corrected chi connectivity index (χ0v) is 19.0. The molecule has 0 unspecified atom stereocenters. The average Bonchev–Trinajstić information content (AvgIpc) is 2.81. The molecule has 0 saturated carbocycles. The van der Waals surface area contributed by atoms with Crippen LogP contribution in [0.2, 0.25) is 0 Å². The van der Waals surface area contributed by atoms with Crippen molar-refractivity contribution in [2.45, 2.75) is 18.4 Å². The molecule has 0 saturated heterocycles. The lowest BCUT2D eigenvalue weighted by atomic mass is 10.1. The third-order valence-electron chi connectivity index (χ3n) is 5.31. The van der Waals surface area contributed by atoms with Crippen LogP contribution in [0.1, 0.15) is 5.56 Å². The molecule has 0 radical (unpaired) electrons. The first-order valence-corrected chi connectivity index (χ1v) is 11.8. The van der Waals surface area contributed by atoms with E-state index in [1.54, 1.807) is 60.0 Å². The van der Waals surface area contributed by atoms with Gasteiger partial charge in [-0.3, -0.25) is 14.4 Å². The van der Waals surface area contributed by atoms with E-state index in [9.17, 15) is 22.8 Å². The molecule has 10 heteroatoms. The molecule has 34 heavy (non-hydrogen) atoms. The maximum atomic E-state index is 12.8. The Balaban J connectivity index is 1.50. The maximum Gasteiger partial charge on any atom is 0.326 e. The summed E-state index contributed by atoms with van der Waals surface area (Å²) >= 11 is 0. The van der Waals surface area contributed by atoms with Crippen LogP contribution >= 0.6 is 0 Å². The van der Waals surface area contributed by atoms with E-state index in [0.717, 1.165) is 0 Å². The Morgan fingerprint density at radius 1 is 0.971 bits per heavy atom. The van der Waals surface area contributed by atoms with Gasteiger partial charge < -0.3 is 14.6 Å². The average molecular weight is 480 g/mol. The van der Waals surface area contributed by atoms with Crippen molar-refractivity contribution in [2.75, 3.05) is 11.9 Å². The zero-order chi connectivity index (χ0) is 24.5. The van der Waals surface area contributed by atoms with E-state index >= 15 is 0 Å². The van der Waals surface area contributed by atoms with Gasteiger partial charge in [-0.25, -0.2) is 13.6 Å². The van der Waals surface area contributed by atoms with Crippen LogP contribution in [-0.4, -0.2) is 31.5 Å². The van der Waals surface area contributed by atoms with Crippen molar-refractivity contribution in [1.82, 2.24) is 4.57 Å². The minimum absolute atomic E-state index is 0.112. The first kappa shape index (κ1) is 23.1. The second-order valence-electron chi connectivity index (χ2n) is 7.68. The number of para-hydroxylation sites is 2. The third-order valence-corrected chi connectivity index (χ3v) is 6.36. The Bertz CT molecular complexity index is 1550. The van der Waals surface area contributed by atoms with Crippen LogP contribution in [0.15, 0.2) is 76.4 Å². The Morgan fingerprint density at radius 2 is 1.56 bits per heavy atom. The largest absolute Gasteiger partial charge is 0.454 e. The van der Waals surface area contributed by atoms with Crippen LogP contribution in [0, 0.1) is 6.92 Å². The SMILES string of the molecule is Cc1ccc(NC(=O)COC(=O)Cn2c3ccccc3c(=O)c3ccccc32)cc1S(N)(=O)=O. The number of carbonyl (C=O) groups excluding carboxylic acids is 2. The lowest BCUT2D eigenvalue weighted by molar-refractivity contribution is -0.147. The highest BCUT2D eigenvalue weighted by molar-refractivity contribution is 7.89. The number of primary sulfonamides is 1. The number of hydrogen-bond donors (Lipinski definition) is 2. The van der Waals surface area contributed by atoms with Gasteiger partial charge in [0, 0.05) is 16.5 Å². The van der Waals surface area contributed by atoms with Gasteiger partial charge in [0.25, 0.3) is 5.91 Å². The standard InChI is InChI=1S/C24H21N3O6S/c1-15-10-11-16(12-21(15)34(25,31)32)26-22(28)14-33-23(29)13-27-19-8-4-2-6-17(19)24(30)18-7-3-5-9-20(18)27/h2-12H,13-14H2,1H3,(H,26,28)(H2,25,31,32). The minimum atomic E-state index is -3.95. The molecule has 0 atom stereocenters. The number of hydrogen-bond acceptors (Lipinski definition) is 6. The van der Waals surface area contributed by atoms with Crippen molar-refractivity contribution in [1.29, 1.82) is 0 Å². The summed E-state index contributed by atoms with van der Waals surface area (Å²) in [7, 11) is -3.95. The number of fused-ring (bicyclic) bond motifs is 2. The molecule has 0 aliphatic heterocycles. The molecule has 1 heterocycles. The van der Waals surface area contributed by atoms with Crippen molar-refractivity contribution < 1.29 is 22.7 Å². The van der Waals surface area contributed by atoms with E-state index in [1.165, 1.54) is 18.2 Å². The van der Waals surface area contributed by atoms with E-state index in [-0.39, 0.29) is 22.6 Å². The summed E-state index contributed by atoms with van der Waals surface area (Å²) < 4.78 is 30.1. The predicted molar refractivity (Wildman–Crippen MR) is 128 cm³/mol. The minimum Gasteiger partial charge on any atom is -0.454 e. The van der Waals surface area contributed by atoms with Crippen LogP contribution in [-0.2, 0) is 30.9 Å². The molecule has 0 fully saturated rings. The fourth-order valence-corrected chi connectivity index (χ4v) is 4.56. The zero-order valence-electron chi connectivity index (χ0n) is 18.1. The van der Waals surface area contributed by atoms with Gasteiger partial charge >= 0.3 is 5.97 Å². The third kappa shape index (κ3) is 4.68. The number of sulfonamides is 1. The summed E-state index contributed by atoms with van der Waals surface area (Å²) in [6.45, 7) is 0.791. The Morgan fingerprint density at radius 3 is 2.15 bits per heavy atom. The molecule has 9 nitrogen and oxygen atoms in total. The fraction of sp³-hybridized carbons (Fsp3) is 0.125. The normalized spacial score (nSPS) is 11.5. The lowest BCUT2D eigenvalue weighted by Crippen LogP contribution is -2.24. The number of amides is 1. The molecule has 4 rings (SSSR count). The summed E-state index contributed by atoms with van der Waals surface area (Å²) in [5.41, 5.74) is 1.65. The summed E-state index contributed by atoms with van der Waals surface area (Å²) in [4.78, 5) is 37.5. The van der Waals surface area contributed by atoms with Crippen LogP contribution in [0.3, 0.4) is 0 Å². The number of pyridine rings is 1. The molecule has 3 aromatic carbocycles. The highest BCUT2D eigenvalue weighted by Crippen LogP contribution is 2.20. The van der Waals surface area contributed by atoms with Gasteiger partial charge in [-0.2, -0.15) is 0 Å². The van der Waals surface area contributed by atoms with Crippen LogP contribution < -0.4 is 15.9 Å². The van der Waals surface area contributed by atoms with Crippen molar-refractivity contribution in [3.05, 3.63) is 82.5 Å². The van der Waals surface area contributed by atoms with Gasteiger partial charge in [0.05, 0.1) is 15.9 Å². The molecular weight excluding hydrogens is 458 g/mol. The Kier molecular flexibility index (Phi) is 6.18. The Labute approximate surface area is 194 Å². The number of ether oxygens (including phenoxy) is 1. The summed E-state index contributed by atoms with van der Waals surface area (Å²) in [6.07, 6.45) is 0. The molecule has 1 aromatic heterocycles. The quantitative estimate of drug-likeness (QED) is 0.322. The van der Waals surface area contributed by atoms with Gasteiger partial charge in [0.15, 0.2) is 12.0 Å². The molecular formula is C24H21N3O6S. The van der Waals surface area contributed by atoms with Gasteiger partial charge in [0.2, 0.25) is 10.0 Å². The predicted octanol–water partition coefficient (Wildman–Crippen LogP) is 2.29. The molecule has 1 amide bonds. The maximum absolute atomic E-state index is 12.8. The fourth-order valence-electron chi connectivity index (χ4n) is 3.75. The highest BCUT2D eigenvalue weighted by atomic mass is 32.2. The molecule has 4 aromatic rings. The van der Waals surface area contributed by atoms with E-state index in [4.69, 9.17) is 9.88 Å². The van der Waals surface area contributed by atoms with E-state index in [0.29, 0.717) is 27.4 Å². The smallest absolute Gasteiger partial charge is 0.326 e. The molecule has 0 spiro atoms. The molecule has 0 aliphatic rings. The van der Waals surface area contributed by atoms with Crippen LogP contribution in [0.4, 0.5) is 5.69 Å². The van der Waals surface area contributed by atoms with Gasteiger partial charge in [-0.05, 0) is 48.9 Å². The first-order chi connectivity index (χ1) is 16.1. The number of rotatable bonds is 6. The molecule has 174 valence electrons. The second kappa shape index (κ2) is 9.08.